The van der Waals surface area contributed by atoms with E-state index >= 15 is 0 Å². The van der Waals surface area contributed by atoms with Gasteiger partial charge in [-0.2, -0.15) is 19.9 Å². The van der Waals surface area contributed by atoms with Gasteiger partial charge in [-0.3, -0.25) is 0 Å². The molecule has 114 valence electrons. The molecule has 0 unspecified atom stereocenters. The average Bonchev–Trinajstić information content (AvgIpc) is 3.00. The molecule has 0 aromatic carbocycles. The summed E-state index contributed by atoms with van der Waals surface area (Å²) in [6.07, 6.45) is 1.29. The summed E-state index contributed by atoms with van der Waals surface area (Å²) in [5.41, 5.74) is 0. The minimum absolute atomic E-state index is 0.393. The lowest BCUT2D eigenvalue weighted by Gasteiger charge is -2.19. The molecule has 0 saturated carbocycles. The van der Waals surface area contributed by atoms with Gasteiger partial charge in [-0.05, 0) is 20.8 Å². The van der Waals surface area contributed by atoms with E-state index in [0.717, 1.165) is 19.6 Å². The van der Waals surface area contributed by atoms with Crippen molar-refractivity contribution in [1.82, 2.24) is 25.1 Å². The van der Waals surface area contributed by atoms with Crippen LogP contribution in [0.25, 0.3) is 0 Å². The van der Waals surface area contributed by atoms with Crippen molar-refractivity contribution in [3.05, 3.63) is 12.2 Å². The van der Waals surface area contributed by atoms with E-state index in [9.17, 15) is 0 Å². The zero-order valence-electron chi connectivity index (χ0n) is 12.5. The van der Waals surface area contributed by atoms with Gasteiger partial charge in [0.05, 0.1) is 6.54 Å². The van der Waals surface area contributed by atoms with E-state index in [4.69, 9.17) is 0 Å². The Balaban J connectivity index is 2.18. The number of anilines is 3. The number of nitrogens with zero attached hydrogens (tertiary/aromatic N) is 6. The van der Waals surface area contributed by atoms with Gasteiger partial charge in [0.2, 0.25) is 24.2 Å². The Hall–Kier alpha value is -2.45. The first kappa shape index (κ1) is 14.9. The first-order valence-corrected chi connectivity index (χ1v) is 7.00. The quantitative estimate of drug-likeness (QED) is 0.741. The predicted molar refractivity (Wildman–Crippen MR) is 79.2 cm³/mol. The van der Waals surface area contributed by atoms with E-state index in [-0.39, 0.29) is 0 Å². The fraction of sp³-hybridized carbons (Fsp3) is 0.583. The van der Waals surface area contributed by atoms with Crippen LogP contribution in [-0.4, -0.2) is 44.7 Å². The second-order valence-corrected chi connectivity index (χ2v) is 4.19. The molecule has 2 heterocycles. The molecular formula is C12H20N8O. The van der Waals surface area contributed by atoms with Crippen molar-refractivity contribution in [2.45, 2.75) is 27.3 Å². The molecule has 9 heteroatoms. The molecular weight excluding hydrogens is 272 g/mol. The van der Waals surface area contributed by atoms with E-state index in [1.807, 2.05) is 6.92 Å². The lowest BCUT2D eigenvalue weighted by Crippen LogP contribution is -2.25. The maximum absolute atomic E-state index is 4.69. The van der Waals surface area contributed by atoms with Crippen LogP contribution in [0, 0.1) is 0 Å². The largest absolute Gasteiger partial charge is 0.354 e. The fourth-order valence-electron chi connectivity index (χ4n) is 1.76. The molecule has 2 aromatic heterocycles. The molecule has 2 rings (SSSR count). The molecule has 0 aliphatic rings. The Kier molecular flexibility index (Phi) is 5.24. The highest BCUT2D eigenvalue weighted by Gasteiger charge is 2.11. The van der Waals surface area contributed by atoms with Crippen LogP contribution in [0.1, 0.15) is 26.6 Å². The van der Waals surface area contributed by atoms with Gasteiger partial charge in [0.15, 0.2) is 5.82 Å². The summed E-state index contributed by atoms with van der Waals surface area (Å²) in [5.74, 6) is 2.21. The van der Waals surface area contributed by atoms with Crippen LogP contribution < -0.4 is 15.5 Å². The van der Waals surface area contributed by atoms with Gasteiger partial charge in [0.1, 0.15) is 0 Å². The fourth-order valence-corrected chi connectivity index (χ4v) is 1.76. The van der Waals surface area contributed by atoms with Gasteiger partial charge in [-0.1, -0.05) is 5.16 Å². The Bertz CT molecular complexity index is 540. The predicted octanol–water partition coefficient (Wildman–Crippen LogP) is 1.14. The van der Waals surface area contributed by atoms with Crippen molar-refractivity contribution < 1.29 is 4.52 Å². The molecule has 0 saturated heterocycles. The Morgan fingerprint density at radius 1 is 1.05 bits per heavy atom. The van der Waals surface area contributed by atoms with Crippen LogP contribution in [0.5, 0.6) is 0 Å². The number of hydrogen-bond acceptors (Lipinski definition) is 9. The lowest BCUT2D eigenvalue weighted by molar-refractivity contribution is 0.411. The number of aromatic nitrogens is 5. The average molecular weight is 292 g/mol. The summed E-state index contributed by atoms with van der Waals surface area (Å²) in [4.78, 5) is 19.2. The maximum Gasteiger partial charge on any atom is 0.231 e. The summed E-state index contributed by atoms with van der Waals surface area (Å²) in [7, 11) is 0. The smallest absolute Gasteiger partial charge is 0.231 e. The van der Waals surface area contributed by atoms with E-state index < -0.39 is 0 Å². The highest BCUT2D eigenvalue weighted by atomic mass is 16.5. The second-order valence-electron chi connectivity index (χ2n) is 4.19. The zero-order chi connectivity index (χ0) is 15.1. The van der Waals surface area contributed by atoms with Crippen LogP contribution in [0.2, 0.25) is 0 Å². The molecule has 2 N–H and O–H groups in total. The van der Waals surface area contributed by atoms with Crippen molar-refractivity contribution in [2.24, 2.45) is 0 Å². The standard InChI is InChI=1S/C12H20N8O/c1-4-13-10-16-11(14-7-9-15-8-21-19-9)18-12(17-10)20(5-2)6-3/h8H,4-7H2,1-3H3,(H2,13,14,16,17,18). The third-order valence-corrected chi connectivity index (χ3v) is 2.82. The van der Waals surface area contributed by atoms with E-state index in [1.165, 1.54) is 6.39 Å². The Labute approximate surface area is 123 Å². The third-order valence-electron chi connectivity index (χ3n) is 2.82. The van der Waals surface area contributed by atoms with Gasteiger partial charge in [0.25, 0.3) is 0 Å². The molecule has 0 amide bonds. The highest BCUT2D eigenvalue weighted by molar-refractivity contribution is 5.43. The van der Waals surface area contributed by atoms with Crippen LogP contribution in [0.15, 0.2) is 10.9 Å². The molecule has 2 aromatic rings. The number of rotatable bonds is 8. The number of nitrogens with one attached hydrogen (secondary N) is 2. The van der Waals surface area contributed by atoms with Crippen LogP contribution in [0.4, 0.5) is 17.8 Å². The van der Waals surface area contributed by atoms with Crippen molar-refractivity contribution >= 4 is 17.8 Å². The SMILES string of the molecule is CCNc1nc(NCc2ncon2)nc(N(CC)CC)n1. The first-order valence-electron chi connectivity index (χ1n) is 7.00. The van der Waals surface area contributed by atoms with Crippen molar-refractivity contribution in [3.8, 4) is 0 Å². The maximum atomic E-state index is 4.69. The summed E-state index contributed by atoms with van der Waals surface area (Å²) in [6, 6.07) is 0. The molecule has 21 heavy (non-hydrogen) atoms. The first-order chi connectivity index (χ1) is 10.3. The molecule has 0 fully saturated rings. The highest BCUT2D eigenvalue weighted by Crippen LogP contribution is 2.13. The minimum Gasteiger partial charge on any atom is -0.354 e. The summed E-state index contributed by atoms with van der Waals surface area (Å²) < 4.78 is 4.69. The second kappa shape index (κ2) is 7.36. The topological polar surface area (TPSA) is 105 Å². The molecule has 0 spiro atoms. The van der Waals surface area contributed by atoms with Gasteiger partial charge in [-0.25, -0.2) is 0 Å². The van der Waals surface area contributed by atoms with Gasteiger partial charge in [-0.15, -0.1) is 0 Å². The van der Waals surface area contributed by atoms with Crippen LogP contribution >= 0.6 is 0 Å². The van der Waals surface area contributed by atoms with E-state index in [1.54, 1.807) is 0 Å². The zero-order valence-corrected chi connectivity index (χ0v) is 12.5. The third kappa shape index (κ3) is 4.01. The van der Waals surface area contributed by atoms with Gasteiger partial charge in [0, 0.05) is 19.6 Å². The van der Waals surface area contributed by atoms with E-state index in [2.05, 4.69) is 59.0 Å². The Morgan fingerprint density at radius 2 is 1.76 bits per heavy atom. The van der Waals surface area contributed by atoms with Crippen molar-refractivity contribution in [2.75, 3.05) is 35.2 Å². The van der Waals surface area contributed by atoms with E-state index in [0.29, 0.717) is 30.2 Å². The summed E-state index contributed by atoms with van der Waals surface area (Å²) in [6.45, 7) is 8.91. The minimum atomic E-state index is 0.393. The summed E-state index contributed by atoms with van der Waals surface area (Å²) in [5, 5.41) is 9.92. The van der Waals surface area contributed by atoms with Crippen molar-refractivity contribution in [3.63, 3.8) is 0 Å². The Morgan fingerprint density at radius 3 is 2.33 bits per heavy atom. The van der Waals surface area contributed by atoms with Crippen molar-refractivity contribution in [1.29, 1.82) is 0 Å². The monoisotopic (exact) mass is 292 g/mol. The van der Waals surface area contributed by atoms with Crippen LogP contribution in [0.3, 0.4) is 0 Å². The molecule has 9 nitrogen and oxygen atoms in total. The summed E-state index contributed by atoms with van der Waals surface area (Å²) >= 11 is 0. The number of hydrogen-bond donors (Lipinski definition) is 2. The van der Waals surface area contributed by atoms with Gasteiger partial charge < -0.3 is 20.1 Å². The van der Waals surface area contributed by atoms with Gasteiger partial charge >= 0.3 is 0 Å². The molecule has 0 aliphatic heterocycles. The normalized spacial score (nSPS) is 10.4. The molecule has 0 atom stereocenters. The molecule has 0 radical (unpaired) electrons. The lowest BCUT2D eigenvalue weighted by atomic mass is 10.5. The molecule has 0 aliphatic carbocycles. The molecule has 0 bridgehead atoms. The van der Waals surface area contributed by atoms with Crippen LogP contribution in [-0.2, 0) is 6.54 Å².